The van der Waals surface area contributed by atoms with Crippen LogP contribution in [0.15, 0.2) is 36.5 Å². The van der Waals surface area contributed by atoms with E-state index < -0.39 is 0 Å². The van der Waals surface area contributed by atoms with Crippen LogP contribution in [0.2, 0.25) is 0 Å². The topological polar surface area (TPSA) is 50.2 Å². The fourth-order valence-electron chi connectivity index (χ4n) is 2.60. The number of nitrogens with zero attached hydrogens (tertiary/aromatic N) is 1. The first-order chi connectivity index (χ1) is 11.5. The number of hydrogen-bond donors (Lipinski definition) is 1. The lowest BCUT2D eigenvalue weighted by molar-refractivity contribution is 0.108. The van der Waals surface area contributed by atoms with Crippen molar-refractivity contribution in [2.75, 3.05) is 0 Å². The minimum absolute atomic E-state index is 0.00153. The average molecular weight is 358 g/mol. The molecule has 0 fully saturated rings. The van der Waals surface area contributed by atoms with Gasteiger partial charge < -0.3 is 5.11 Å². The number of carbonyl (C=O) groups is 1. The van der Waals surface area contributed by atoms with Gasteiger partial charge in [0.2, 0.25) is 5.12 Å². The van der Waals surface area contributed by atoms with E-state index in [1.54, 1.807) is 6.20 Å². The van der Waals surface area contributed by atoms with Crippen LogP contribution in [0.1, 0.15) is 68.7 Å². The standard InChI is InChI=1S/C21H27NO2S/c1-20(2,3)16-11-14(12-17(18(16)23)21(4,5)6)19(24)25-13-15-9-7-8-10-22-15/h7-12,23H,13H2,1-6H3. The fraction of sp³-hybridized carbons (Fsp3) is 0.429. The molecule has 1 heterocycles. The number of phenols is 1. The van der Waals surface area contributed by atoms with Gasteiger partial charge in [-0.2, -0.15) is 0 Å². The molecule has 0 spiro atoms. The zero-order valence-corrected chi connectivity index (χ0v) is 16.7. The molecule has 1 aromatic carbocycles. The molecular formula is C21H27NO2S. The summed E-state index contributed by atoms with van der Waals surface area (Å²) < 4.78 is 0. The molecule has 0 aliphatic rings. The predicted octanol–water partition coefficient (Wildman–Crippen LogP) is 5.46. The summed E-state index contributed by atoms with van der Waals surface area (Å²) in [6.07, 6.45) is 1.73. The number of carbonyl (C=O) groups excluding carboxylic acids is 1. The highest BCUT2D eigenvalue weighted by molar-refractivity contribution is 8.13. The third-order valence-electron chi connectivity index (χ3n) is 4.04. The molecule has 0 unspecified atom stereocenters. The Balaban J connectivity index is 2.38. The summed E-state index contributed by atoms with van der Waals surface area (Å²) in [6.45, 7) is 12.3. The first kappa shape index (κ1) is 19.5. The van der Waals surface area contributed by atoms with Crippen LogP contribution in [0.25, 0.3) is 0 Å². The number of aromatic hydroxyl groups is 1. The molecule has 0 saturated carbocycles. The Morgan fingerprint density at radius 2 is 1.60 bits per heavy atom. The molecule has 25 heavy (non-hydrogen) atoms. The minimum Gasteiger partial charge on any atom is -0.507 e. The molecule has 0 radical (unpaired) electrons. The molecule has 134 valence electrons. The highest BCUT2D eigenvalue weighted by Gasteiger charge is 2.27. The van der Waals surface area contributed by atoms with E-state index in [2.05, 4.69) is 4.98 Å². The first-order valence-corrected chi connectivity index (χ1v) is 9.43. The number of hydrogen-bond acceptors (Lipinski definition) is 4. The van der Waals surface area contributed by atoms with E-state index in [0.29, 0.717) is 17.1 Å². The number of thioether (sulfide) groups is 1. The van der Waals surface area contributed by atoms with Crippen molar-refractivity contribution < 1.29 is 9.90 Å². The molecule has 2 aromatic rings. The third kappa shape index (κ3) is 4.85. The van der Waals surface area contributed by atoms with E-state index in [9.17, 15) is 9.90 Å². The van der Waals surface area contributed by atoms with Crippen LogP contribution in [-0.2, 0) is 16.6 Å². The van der Waals surface area contributed by atoms with Crippen molar-refractivity contribution in [1.82, 2.24) is 4.98 Å². The van der Waals surface area contributed by atoms with E-state index in [1.165, 1.54) is 11.8 Å². The van der Waals surface area contributed by atoms with Gasteiger partial charge >= 0.3 is 0 Å². The van der Waals surface area contributed by atoms with Gasteiger partial charge in [-0.25, -0.2) is 0 Å². The second kappa shape index (κ2) is 7.20. The van der Waals surface area contributed by atoms with E-state index in [1.807, 2.05) is 71.9 Å². The molecule has 1 N–H and O–H groups in total. The highest BCUT2D eigenvalue weighted by Crippen LogP contribution is 2.40. The van der Waals surface area contributed by atoms with Crippen molar-refractivity contribution in [3.05, 3.63) is 58.9 Å². The Kier molecular flexibility index (Phi) is 5.62. The van der Waals surface area contributed by atoms with Crippen LogP contribution in [0, 0.1) is 0 Å². The van der Waals surface area contributed by atoms with Gasteiger partial charge in [0.25, 0.3) is 0 Å². The van der Waals surface area contributed by atoms with Crippen molar-refractivity contribution in [3.8, 4) is 5.75 Å². The molecule has 0 atom stereocenters. The maximum absolute atomic E-state index is 12.7. The molecule has 0 aliphatic carbocycles. The van der Waals surface area contributed by atoms with Gasteiger partial charge in [0, 0.05) is 28.6 Å². The maximum Gasteiger partial charge on any atom is 0.219 e. The smallest absolute Gasteiger partial charge is 0.219 e. The van der Waals surface area contributed by atoms with Crippen molar-refractivity contribution in [1.29, 1.82) is 0 Å². The summed E-state index contributed by atoms with van der Waals surface area (Å²) >= 11 is 1.24. The van der Waals surface area contributed by atoms with Crippen molar-refractivity contribution in [2.45, 2.75) is 58.1 Å². The van der Waals surface area contributed by atoms with E-state index in [-0.39, 0.29) is 15.9 Å². The van der Waals surface area contributed by atoms with Gasteiger partial charge in [-0.1, -0.05) is 59.4 Å². The SMILES string of the molecule is CC(C)(C)c1cc(C(=O)SCc2ccccn2)cc(C(C)(C)C)c1O. The lowest BCUT2D eigenvalue weighted by atomic mass is 9.78. The Hall–Kier alpha value is -1.81. The third-order valence-corrected chi connectivity index (χ3v) is 4.98. The van der Waals surface area contributed by atoms with Gasteiger partial charge in [0.05, 0.1) is 5.69 Å². The predicted molar refractivity (Wildman–Crippen MR) is 105 cm³/mol. The van der Waals surface area contributed by atoms with Gasteiger partial charge in [-0.05, 0) is 35.1 Å². The monoisotopic (exact) mass is 357 g/mol. The Labute approximate surface area is 154 Å². The highest BCUT2D eigenvalue weighted by atomic mass is 32.2. The largest absolute Gasteiger partial charge is 0.507 e. The quantitative estimate of drug-likeness (QED) is 0.793. The van der Waals surface area contributed by atoms with Gasteiger partial charge in [0.15, 0.2) is 0 Å². The zero-order chi connectivity index (χ0) is 18.8. The fourth-order valence-corrected chi connectivity index (χ4v) is 3.34. The van der Waals surface area contributed by atoms with Crippen LogP contribution >= 0.6 is 11.8 Å². The van der Waals surface area contributed by atoms with Crippen molar-refractivity contribution >= 4 is 16.9 Å². The maximum atomic E-state index is 12.7. The second-order valence-electron chi connectivity index (χ2n) is 8.32. The molecule has 0 amide bonds. The Bertz CT molecular complexity index is 721. The summed E-state index contributed by atoms with van der Waals surface area (Å²) in [4.78, 5) is 17.0. The minimum atomic E-state index is -0.244. The number of aromatic nitrogens is 1. The molecule has 0 aliphatic heterocycles. The Morgan fingerprint density at radius 1 is 1.04 bits per heavy atom. The lowest BCUT2D eigenvalue weighted by Crippen LogP contribution is -2.18. The molecule has 3 nitrogen and oxygen atoms in total. The second-order valence-corrected chi connectivity index (χ2v) is 9.27. The number of pyridine rings is 1. The Morgan fingerprint density at radius 3 is 2.04 bits per heavy atom. The zero-order valence-electron chi connectivity index (χ0n) is 15.9. The van der Waals surface area contributed by atoms with Gasteiger partial charge in [-0.15, -0.1) is 0 Å². The summed E-state index contributed by atoms with van der Waals surface area (Å²) in [6, 6.07) is 9.36. The summed E-state index contributed by atoms with van der Waals surface area (Å²) in [5.41, 5.74) is 2.64. The van der Waals surface area contributed by atoms with Crippen LogP contribution in [-0.4, -0.2) is 15.2 Å². The average Bonchev–Trinajstić information content (AvgIpc) is 2.51. The normalized spacial score (nSPS) is 12.2. The molecule has 2 rings (SSSR count). The number of rotatable bonds is 3. The first-order valence-electron chi connectivity index (χ1n) is 8.45. The number of phenolic OH excluding ortho intramolecular Hbond substituents is 1. The van der Waals surface area contributed by atoms with Gasteiger partial charge in [-0.3, -0.25) is 9.78 Å². The molecule has 1 aromatic heterocycles. The van der Waals surface area contributed by atoms with Crippen molar-refractivity contribution in [2.24, 2.45) is 0 Å². The van der Waals surface area contributed by atoms with Crippen LogP contribution in [0.5, 0.6) is 5.75 Å². The van der Waals surface area contributed by atoms with E-state index in [0.717, 1.165) is 16.8 Å². The summed E-state index contributed by atoms with van der Waals surface area (Å²) in [5.74, 6) is 0.835. The summed E-state index contributed by atoms with van der Waals surface area (Å²) in [5, 5.41) is 10.7. The number of benzene rings is 1. The van der Waals surface area contributed by atoms with E-state index >= 15 is 0 Å². The van der Waals surface area contributed by atoms with Gasteiger partial charge in [0.1, 0.15) is 5.75 Å². The van der Waals surface area contributed by atoms with Crippen molar-refractivity contribution in [3.63, 3.8) is 0 Å². The van der Waals surface area contributed by atoms with Crippen LogP contribution < -0.4 is 0 Å². The van der Waals surface area contributed by atoms with E-state index in [4.69, 9.17) is 0 Å². The molecular weight excluding hydrogens is 330 g/mol. The summed E-state index contributed by atoms with van der Waals surface area (Å²) in [7, 11) is 0. The lowest BCUT2D eigenvalue weighted by Gasteiger charge is -2.28. The molecule has 4 heteroatoms. The van der Waals surface area contributed by atoms with Crippen LogP contribution in [0.4, 0.5) is 0 Å². The molecule has 0 bridgehead atoms. The van der Waals surface area contributed by atoms with Crippen LogP contribution in [0.3, 0.4) is 0 Å². The molecule has 0 saturated heterocycles.